The second-order valence-electron chi connectivity index (χ2n) is 5.70. The molecule has 0 saturated heterocycles. The zero-order valence-electron chi connectivity index (χ0n) is 14.8. The minimum Gasteiger partial charge on any atom is -0.459 e. The van der Waals surface area contributed by atoms with Crippen molar-refractivity contribution in [3.05, 3.63) is 82.3 Å². The molecule has 1 heterocycles. The van der Waals surface area contributed by atoms with Crippen molar-refractivity contribution in [3.63, 3.8) is 0 Å². The maximum absolute atomic E-state index is 12.6. The molecule has 0 aliphatic carbocycles. The summed E-state index contributed by atoms with van der Waals surface area (Å²) in [5.41, 5.74) is 1.25. The smallest absolute Gasteiger partial charge is 0.291 e. The highest BCUT2D eigenvalue weighted by Crippen LogP contribution is 2.24. The van der Waals surface area contributed by atoms with Gasteiger partial charge in [-0.25, -0.2) is 0 Å². The maximum atomic E-state index is 12.6. The Morgan fingerprint density at radius 2 is 1.68 bits per heavy atom. The molecule has 2 amide bonds. The Bertz CT molecular complexity index is 1030. The van der Waals surface area contributed by atoms with Gasteiger partial charge in [0.05, 0.1) is 16.7 Å². The fourth-order valence-electron chi connectivity index (χ4n) is 2.53. The molecule has 142 valence electrons. The molecule has 9 heteroatoms. The number of nitrogens with one attached hydrogen (secondary N) is 3. The first-order chi connectivity index (χ1) is 13.5. The second kappa shape index (κ2) is 8.04. The molecule has 9 nitrogen and oxygen atoms in total. The van der Waals surface area contributed by atoms with E-state index in [-0.39, 0.29) is 17.0 Å². The average molecular weight is 380 g/mol. The summed E-state index contributed by atoms with van der Waals surface area (Å²) in [7, 11) is 1.61. The first kappa shape index (κ1) is 18.6. The molecule has 0 aliphatic rings. The topological polar surface area (TPSA) is 127 Å². The number of benzene rings is 2. The first-order valence-corrected chi connectivity index (χ1v) is 8.20. The molecule has 3 aromatic rings. The van der Waals surface area contributed by atoms with Gasteiger partial charge in [-0.3, -0.25) is 19.7 Å². The van der Waals surface area contributed by atoms with Crippen molar-refractivity contribution in [2.45, 2.75) is 0 Å². The van der Waals surface area contributed by atoms with E-state index < -0.39 is 16.7 Å². The van der Waals surface area contributed by atoms with Gasteiger partial charge in [0.15, 0.2) is 5.76 Å². The summed E-state index contributed by atoms with van der Waals surface area (Å²) in [4.78, 5) is 35.1. The number of amides is 2. The largest absolute Gasteiger partial charge is 0.459 e. The summed E-state index contributed by atoms with van der Waals surface area (Å²) < 4.78 is 5.03. The molecule has 0 spiro atoms. The molecule has 0 bridgehead atoms. The van der Waals surface area contributed by atoms with Gasteiger partial charge in [-0.2, -0.15) is 0 Å². The van der Waals surface area contributed by atoms with Crippen molar-refractivity contribution in [1.82, 2.24) is 0 Å². The summed E-state index contributed by atoms with van der Waals surface area (Å²) in [5, 5.41) is 19.1. The third kappa shape index (κ3) is 4.15. The van der Waals surface area contributed by atoms with E-state index in [0.717, 1.165) is 0 Å². The molecule has 0 atom stereocenters. The quantitative estimate of drug-likeness (QED) is 0.442. The number of nitro groups is 1. The summed E-state index contributed by atoms with van der Waals surface area (Å²) in [6.45, 7) is 0. The molecule has 0 saturated carbocycles. The SMILES string of the molecule is CNc1ccc([N+](=O)[O-])cc1C(=O)Nc1cccc(NC(=O)c2ccco2)c1. The van der Waals surface area contributed by atoms with Crippen LogP contribution in [-0.4, -0.2) is 23.8 Å². The van der Waals surface area contributed by atoms with Gasteiger partial charge in [0.25, 0.3) is 17.5 Å². The zero-order valence-corrected chi connectivity index (χ0v) is 14.8. The van der Waals surface area contributed by atoms with Crippen LogP contribution in [-0.2, 0) is 0 Å². The highest BCUT2D eigenvalue weighted by atomic mass is 16.6. The number of rotatable bonds is 6. The Balaban J connectivity index is 1.78. The molecule has 0 radical (unpaired) electrons. The van der Waals surface area contributed by atoms with Crippen LogP contribution in [0.4, 0.5) is 22.7 Å². The lowest BCUT2D eigenvalue weighted by atomic mass is 10.1. The highest BCUT2D eigenvalue weighted by molar-refractivity contribution is 6.09. The molecule has 0 fully saturated rings. The van der Waals surface area contributed by atoms with E-state index in [1.54, 1.807) is 37.4 Å². The van der Waals surface area contributed by atoms with Crippen LogP contribution in [0.25, 0.3) is 0 Å². The van der Waals surface area contributed by atoms with Crippen LogP contribution in [0.3, 0.4) is 0 Å². The number of anilines is 3. The van der Waals surface area contributed by atoms with E-state index >= 15 is 0 Å². The molecular formula is C19H16N4O5. The number of non-ortho nitro benzene ring substituents is 1. The van der Waals surface area contributed by atoms with E-state index in [1.807, 2.05) is 0 Å². The lowest BCUT2D eigenvalue weighted by Crippen LogP contribution is -2.15. The van der Waals surface area contributed by atoms with E-state index in [2.05, 4.69) is 16.0 Å². The maximum Gasteiger partial charge on any atom is 0.291 e. The van der Waals surface area contributed by atoms with Crippen molar-refractivity contribution in [2.24, 2.45) is 0 Å². The van der Waals surface area contributed by atoms with E-state index in [0.29, 0.717) is 17.1 Å². The van der Waals surface area contributed by atoms with E-state index in [1.165, 1.54) is 30.5 Å². The molecule has 0 aliphatic heterocycles. The Morgan fingerprint density at radius 1 is 0.964 bits per heavy atom. The Morgan fingerprint density at radius 3 is 2.29 bits per heavy atom. The Labute approximate surface area is 159 Å². The zero-order chi connectivity index (χ0) is 20.1. The Hall–Kier alpha value is -4.14. The third-order valence-corrected chi connectivity index (χ3v) is 3.85. The summed E-state index contributed by atoms with van der Waals surface area (Å²) in [6.07, 6.45) is 1.39. The molecule has 0 unspecified atom stereocenters. The number of hydrogen-bond acceptors (Lipinski definition) is 6. The van der Waals surface area contributed by atoms with Crippen LogP contribution in [0, 0.1) is 10.1 Å². The molecule has 2 aromatic carbocycles. The average Bonchev–Trinajstić information content (AvgIpc) is 3.22. The van der Waals surface area contributed by atoms with Crippen molar-refractivity contribution < 1.29 is 18.9 Å². The number of hydrogen-bond donors (Lipinski definition) is 3. The number of nitrogens with zero attached hydrogens (tertiary/aromatic N) is 1. The predicted molar refractivity (Wildman–Crippen MR) is 104 cm³/mol. The minimum absolute atomic E-state index is 0.127. The number of carbonyl (C=O) groups excluding carboxylic acids is 2. The minimum atomic E-state index is -0.568. The van der Waals surface area contributed by atoms with Crippen LogP contribution >= 0.6 is 0 Å². The van der Waals surface area contributed by atoms with Gasteiger partial charge in [0.2, 0.25) is 0 Å². The summed E-state index contributed by atoms with van der Waals surface area (Å²) >= 11 is 0. The van der Waals surface area contributed by atoms with E-state index in [4.69, 9.17) is 4.42 Å². The standard InChI is InChI=1S/C19H16N4O5/c1-20-16-8-7-14(23(26)27)11-15(16)18(24)21-12-4-2-5-13(10-12)22-19(25)17-6-3-9-28-17/h2-11,20H,1H3,(H,21,24)(H,22,25). The lowest BCUT2D eigenvalue weighted by Gasteiger charge is -2.11. The number of nitro benzene ring substituents is 1. The number of furan rings is 1. The van der Waals surface area contributed by atoms with Crippen LogP contribution in [0.5, 0.6) is 0 Å². The van der Waals surface area contributed by atoms with Crippen molar-refractivity contribution in [1.29, 1.82) is 0 Å². The third-order valence-electron chi connectivity index (χ3n) is 3.85. The van der Waals surface area contributed by atoms with Crippen molar-refractivity contribution in [3.8, 4) is 0 Å². The predicted octanol–water partition coefficient (Wildman–Crippen LogP) is 3.73. The van der Waals surface area contributed by atoms with Gasteiger partial charge in [0, 0.05) is 36.2 Å². The summed E-state index contributed by atoms with van der Waals surface area (Å²) in [6, 6.07) is 13.6. The molecule has 3 N–H and O–H groups in total. The van der Waals surface area contributed by atoms with Gasteiger partial charge in [-0.15, -0.1) is 0 Å². The number of carbonyl (C=O) groups is 2. The van der Waals surface area contributed by atoms with E-state index in [9.17, 15) is 19.7 Å². The van der Waals surface area contributed by atoms with Gasteiger partial charge in [-0.05, 0) is 36.4 Å². The monoisotopic (exact) mass is 380 g/mol. The van der Waals surface area contributed by atoms with Gasteiger partial charge in [-0.1, -0.05) is 6.07 Å². The van der Waals surface area contributed by atoms with Gasteiger partial charge >= 0.3 is 0 Å². The highest BCUT2D eigenvalue weighted by Gasteiger charge is 2.17. The fourth-order valence-corrected chi connectivity index (χ4v) is 2.53. The van der Waals surface area contributed by atoms with Crippen molar-refractivity contribution in [2.75, 3.05) is 23.0 Å². The van der Waals surface area contributed by atoms with Crippen LogP contribution < -0.4 is 16.0 Å². The lowest BCUT2D eigenvalue weighted by molar-refractivity contribution is -0.384. The molecule has 28 heavy (non-hydrogen) atoms. The van der Waals surface area contributed by atoms with Crippen molar-refractivity contribution >= 4 is 34.6 Å². The first-order valence-electron chi connectivity index (χ1n) is 8.20. The molecule has 3 rings (SSSR count). The van der Waals surface area contributed by atoms with Crippen LogP contribution in [0.15, 0.2) is 65.3 Å². The molecule has 1 aromatic heterocycles. The molecular weight excluding hydrogens is 364 g/mol. The fraction of sp³-hybridized carbons (Fsp3) is 0.0526. The van der Waals surface area contributed by atoms with Crippen LogP contribution in [0.2, 0.25) is 0 Å². The Kier molecular flexibility index (Phi) is 5.35. The normalized spacial score (nSPS) is 10.2. The van der Waals surface area contributed by atoms with Crippen LogP contribution in [0.1, 0.15) is 20.9 Å². The van der Waals surface area contributed by atoms with Gasteiger partial charge in [0.1, 0.15) is 0 Å². The second-order valence-corrected chi connectivity index (χ2v) is 5.70. The van der Waals surface area contributed by atoms with Gasteiger partial charge < -0.3 is 20.4 Å². The summed E-state index contributed by atoms with van der Waals surface area (Å²) in [5.74, 6) is -0.795.